The molecular weight excluding hydrogens is 224 g/mol. The van der Waals surface area contributed by atoms with Gasteiger partial charge in [-0.25, -0.2) is 0 Å². The van der Waals surface area contributed by atoms with Crippen LogP contribution >= 0.6 is 0 Å². The minimum atomic E-state index is -0.229. The standard InChI is InChI=1S/C16H28O2/c1-2-3-18-11-15(17)10-16-7-12-4-13(8-16)6-14(5-12)9-16/h12-15,17H,2-11H2,1H3. The number of aliphatic hydroxyl groups excluding tert-OH is 1. The second-order valence-corrected chi connectivity index (χ2v) is 7.35. The predicted octanol–water partition coefficient (Wildman–Crippen LogP) is 3.38. The van der Waals surface area contributed by atoms with E-state index < -0.39 is 0 Å². The lowest BCUT2D eigenvalue weighted by molar-refractivity contribution is -0.0862. The van der Waals surface area contributed by atoms with E-state index in [-0.39, 0.29) is 6.10 Å². The molecule has 0 aromatic rings. The molecular formula is C16H28O2. The minimum absolute atomic E-state index is 0.229. The van der Waals surface area contributed by atoms with Gasteiger partial charge in [0.15, 0.2) is 0 Å². The molecule has 0 spiro atoms. The molecule has 1 unspecified atom stereocenters. The third kappa shape index (κ3) is 2.60. The summed E-state index contributed by atoms with van der Waals surface area (Å²) < 4.78 is 5.51. The van der Waals surface area contributed by atoms with E-state index in [2.05, 4.69) is 6.92 Å². The summed E-state index contributed by atoms with van der Waals surface area (Å²) in [5.74, 6) is 2.96. The maximum absolute atomic E-state index is 10.2. The van der Waals surface area contributed by atoms with Gasteiger partial charge in [0.2, 0.25) is 0 Å². The van der Waals surface area contributed by atoms with E-state index in [0.717, 1.165) is 37.2 Å². The van der Waals surface area contributed by atoms with Crippen LogP contribution in [0.5, 0.6) is 0 Å². The molecule has 4 saturated carbocycles. The van der Waals surface area contributed by atoms with Crippen molar-refractivity contribution in [2.45, 2.75) is 64.4 Å². The van der Waals surface area contributed by atoms with E-state index in [4.69, 9.17) is 4.74 Å². The molecule has 0 aliphatic heterocycles. The Morgan fingerprint density at radius 2 is 1.67 bits per heavy atom. The lowest BCUT2D eigenvalue weighted by atomic mass is 9.48. The minimum Gasteiger partial charge on any atom is -0.391 e. The molecule has 2 nitrogen and oxygen atoms in total. The number of ether oxygens (including phenoxy) is 1. The van der Waals surface area contributed by atoms with Crippen LogP contribution in [0.3, 0.4) is 0 Å². The molecule has 4 aliphatic carbocycles. The van der Waals surface area contributed by atoms with E-state index in [1.54, 1.807) is 0 Å². The van der Waals surface area contributed by atoms with Crippen molar-refractivity contribution in [3.05, 3.63) is 0 Å². The van der Waals surface area contributed by atoms with Crippen LogP contribution in [0.1, 0.15) is 58.3 Å². The van der Waals surface area contributed by atoms with Crippen LogP contribution in [-0.4, -0.2) is 24.4 Å². The second kappa shape index (κ2) is 5.13. The number of hydrogen-bond donors (Lipinski definition) is 1. The van der Waals surface area contributed by atoms with Crippen LogP contribution in [0.15, 0.2) is 0 Å². The van der Waals surface area contributed by atoms with Crippen LogP contribution in [0.25, 0.3) is 0 Å². The summed E-state index contributed by atoms with van der Waals surface area (Å²) in [4.78, 5) is 0. The van der Waals surface area contributed by atoms with E-state index in [0.29, 0.717) is 12.0 Å². The Balaban J connectivity index is 1.55. The fraction of sp³-hybridized carbons (Fsp3) is 1.00. The van der Waals surface area contributed by atoms with Crippen LogP contribution < -0.4 is 0 Å². The first-order valence-corrected chi connectivity index (χ1v) is 7.95. The zero-order valence-electron chi connectivity index (χ0n) is 11.7. The average molecular weight is 252 g/mol. The van der Waals surface area contributed by atoms with Crippen LogP contribution in [0, 0.1) is 23.2 Å². The molecule has 1 atom stereocenters. The van der Waals surface area contributed by atoms with Gasteiger partial charge in [0.1, 0.15) is 0 Å². The van der Waals surface area contributed by atoms with Gasteiger partial charge in [-0.05, 0) is 74.5 Å². The summed E-state index contributed by atoms with van der Waals surface area (Å²) in [6.07, 6.45) is 10.5. The second-order valence-electron chi connectivity index (χ2n) is 7.35. The Morgan fingerprint density at radius 3 is 2.17 bits per heavy atom. The quantitative estimate of drug-likeness (QED) is 0.734. The lowest BCUT2D eigenvalue weighted by Gasteiger charge is -2.57. The zero-order chi connectivity index (χ0) is 12.6. The van der Waals surface area contributed by atoms with Gasteiger partial charge >= 0.3 is 0 Å². The van der Waals surface area contributed by atoms with Crippen molar-refractivity contribution >= 4 is 0 Å². The van der Waals surface area contributed by atoms with Gasteiger partial charge in [0, 0.05) is 6.61 Å². The molecule has 0 amide bonds. The van der Waals surface area contributed by atoms with Crippen molar-refractivity contribution < 1.29 is 9.84 Å². The third-order valence-corrected chi connectivity index (χ3v) is 5.49. The Kier molecular flexibility index (Phi) is 3.68. The lowest BCUT2D eigenvalue weighted by Crippen LogP contribution is -2.47. The van der Waals surface area contributed by atoms with Gasteiger partial charge in [-0.3, -0.25) is 0 Å². The van der Waals surface area contributed by atoms with E-state index in [1.165, 1.54) is 38.5 Å². The Morgan fingerprint density at radius 1 is 1.11 bits per heavy atom. The van der Waals surface area contributed by atoms with Crippen molar-refractivity contribution in [1.82, 2.24) is 0 Å². The zero-order valence-corrected chi connectivity index (χ0v) is 11.7. The molecule has 4 rings (SSSR count). The Labute approximate surface area is 111 Å². The van der Waals surface area contributed by atoms with Crippen molar-refractivity contribution in [2.75, 3.05) is 13.2 Å². The van der Waals surface area contributed by atoms with Gasteiger partial charge < -0.3 is 9.84 Å². The highest BCUT2D eigenvalue weighted by Gasteiger charge is 2.51. The average Bonchev–Trinajstić information content (AvgIpc) is 2.26. The first-order chi connectivity index (χ1) is 8.69. The Hall–Kier alpha value is -0.0800. The molecule has 104 valence electrons. The monoisotopic (exact) mass is 252 g/mol. The molecule has 4 fully saturated rings. The first kappa shape index (κ1) is 12.9. The molecule has 18 heavy (non-hydrogen) atoms. The van der Waals surface area contributed by atoms with E-state index in [1.807, 2.05) is 0 Å². The fourth-order valence-corrected chi connectivity index (χ4v) is 5.46. The molecule has 4 bridgehead atoms. The largest absolute Gasteiger partial charge is 0.391 e. The molecule has 0 aromatic heterocycles. The van der Waals surface area contributed by atoms with Gasteiger partial charge in [-0.15, -0.1) is 0 Å². The predicted molar refractivity (Wildman–Crippen MR) is 72.3 cm³/mol. The SMILES string of the molecule is CCCOCC(O)CC12CC3CC(CC(C3)C1)C2. The summed E-state index contributed by atoms with van der Waals surface area (Å²) >= 11 is 0. The van der Waals surface area contributed by atoms with Crippen LogP contribution in [-0.2, 0) is 4.74 Å². The van der Waals surface area contributed by atoms with Crippen molar-refractivity contribution in [2.24, 2.45) is 23.2 Å². The number of rotatable bonds is 6. The molecule has 4 aliphatic rings. The normalized spacial score (nSPS) is 43.3. The van der Waals surface area contributed by atoms with Gasteiger partial charge in [-0.1, -0.05) is 6.92 Å². The molecule has 0 saturated heterocycles. The maximum atomic E-state index is 10.2. The molecule has 0 radical (unpaired) electrons. The third-order valence-electron chi connectivity index (χ3n) is 5.49. The summed E-state index contributed by atoms with van der Waals surface area (Å²) in [5, 5.41) is 10.2. The highest BCUT2D eigenvalue weighted by molar-refractivity contribution is 5.01. The molecule has 0 heterocycles. The number of aliphatic hydroxyl groups is 1. The van der Waals surface area contributed by atoms with Crippen molar-refractivity contribution in [3.63, 3.8) is 0 Å². The smallest absolute Gasteiger partial charge is 0.0779 e. The van der Waals surface area contributed by atoms with Crippen LogP contribution in [0.2, 0.25) is 0 Å². The highest BCUT2D eigenvalue weighted by Crippen LogP contribution is 2.61. The van der Waals surface area contributed by atoms with E-state index >= 15 is 0 Å². The topological polar surface area (TPSA) is 29.5 Å². The summed E-state index contributed by atoms with van der Waals surface area (Å²) in [6.45, 7) is 3.46. The number of hydrogen-bond acceptors (Lipinski definition) is 2. The summed E-state index contributed by atoms with van der Waals surface area (Å²) in [6, 6.07) is 0. The van der Waals surface area contributed by atoms with Gasteiger partial charge in [0.05, 0.1) is 12.7 Å². The molecule has 0 aromatic carbocycles. The van der Waals surface area contributed by atoms with Crippen molar-refractivity contribution in [1.29, 1.82) is 0 Å². The summed E-state index contributed by atoms with van der Waals surface area (Å²) in [7, 11) is 0. The molecule has 1 N–H and O–H groups in total. The maximum Gasteiger partial charge on any atom is 0.0779 e. The molecule has 2 heteroatoms. The fourth-order valence-electron chi connectivity index (χ4n) is 5.46. The Bertz CT molecular complexity index is 252. The highest BCUT2D eigenvalue weighted by atomic mass is 16.5. The first-order valence-electron chi connectivity index (χ1n) is 7.95. The van der Waals surface area contributed by atoms with E-state index in [9.17, 15) is 5.11 Å². The van der Waals surface area contributed by atoms with Crippen molar-refractivity contribution in [3.8, 4) is 0 Å². The summed E-state index contributed by atoms with van der Waals surface area (Å²) in [5.41, 5.74) is 0.490. The van der Waals surface area contributed by atoms with Gasteiger partial charge in [0.25, 0.3) is 0 Å². The van der Waals surface area contributed by atoms with Gasteiger partial charge in [-0.2, -0.15) is 0 Å². The van der Waals surface area contributed by atoms with Crippen LogP contribution in [0.4, 0.5) is 0 Å².